The molecule has 2 heteroatoms. The molecule has 0 bridgehead atoms. The van der Waals surface area contributed by atoms with Gasteiger partial charge in [-0.25, -0.2) is 0 Å². The number of nitrogens with zero attached hydrogens (tertiary/aromatic N) is 1. The van der Waals surface area contributed by atoms with E-state index in [4.69, 9.17) is 0 Å². The third-order valence-electron chi connectivity index (χ3n) is 2.40. The second kappa shape index (κ2) is 6.44. The smallest absolute Gasteiger partial charge is 0.0794 e. The zero-order valence-corrected chi connectivity index (χ0v) is 9.19. The Balaban J connectivity index is 3.19. The normalized spacial score (nSPS) is 12.0. The Morgan fingerprint density at radius 3 is 2.25 bits per heavy atom. The van der Waals surface area contributed by atoms with Crippen molar-refractivity contribution in [3.05, 3.63) is 0 Å². The summed E-state index contributed by atoms with van der Waals surface area (Å²) in [4.78, 5) is 0. The zero-order chi connectivity index (χ0) is 9.45. The highest BCUT2D eigenvalue weighted by atomic mass is 15.3. The molecule has 0 unspecified atom stereocenters. The Morgan fingerprint density at radius 2 is 1.75 bits per heavy atom. The first kappa shape index (κ1) is 11.9. The van der Waals surface area contributed by atoms with E-state index in [0.29, 0.717) is 0 Å². The molecule has 0 aliphatic heterocycles. The van der Waals surface area contributed by atoms with Crippen molar-refractivity contribution >= 4 is 0 Å². The molecule has 0 spiro atoms. The summed E-state index contributed by atoms with van der Waals surface area (Å²) in [5.41, 5.74) is 0. The summed E-state index contributed by atoms with van der Waals surface area (Å²) in [7, 11) is 4.58. The quantitative estimate of drug-likeness (QED) is 0.454. The lowest BCUT2D eigenvalue weighted by Crippen LogP contribution is -2.41. The van der Waals surface area contributed by atoms with E-state index in [1.54, 1.807) is 0 Å². The van der Waals surface area contributed by atoms with Crippen LogP contribution in [0.25, 0.3) is 0 Å². The molecule has 1 N–H and O–H groups in total. The molecule has 0 saturated carbocycles. The van der Waals surface area contributed by atoms with Crippen LogP contribution in [0.5, 0.6) is 0 Å². The van der Waals surface area contributed by atoms with Crippen LogP contribution in [-0.2, 0) is 0 Å². The van der Waals surface area contributed by atoms with E-state index in [1.165, 1.54) is 39.0 Å². The average Bonchev–Trinajstić information content (AvgIpc) is 2.04. The number of hydrogen-bond acceptors (Lipinski definition) is 1. The zero-order valence-electron chi connectivity index (χ0n) is 9.19. The minimum Gasteiger partial charge on any atom is -0.329 e. The lowest BCUT2D eigenvalue weighted by molar-refractivity contribution is -0.888. The van der Waals surface area contributed by atoms with E-state index in [0.717, 1.165) is 4.48 Å². The molecule has 0 fully saturated rings. The Bertz CT molecular complexity index is 100. The fourth-order valence-electron chi connectivity index (χ4n) is 1.09. The first-order valence-corrected chi connectivity index (χ1v) is 5.15. The van der Waals surface area contributed by atoms with Gasteiger partial charge in [-0.05, 0) is 19.9 Å². The molecule has 0 heterocycles. The first-order valence-electron chi connectivity index (χ1n) is 5.15. The summed E-state index contributed by atoms with van der Waals surface area (Å²) < 4.78 is 1.15. The summed E-state index contributed by atoms with van der Waals surface area (Å²) in [5, 5.41) is 3.42. The van der Waals surface area contributed by atoms with Gasteiger partial charge in [0.2, 0.25) is 0 Å². The van der Waals surface area contributed by atoms with E-state index >= 15 is 0 Å². The number of hydrogen-bond donors (Lipinski definition) is 1. The molecular weight excluding hydrogens is 148 g/mol. The standard InChI is InChI=1S/C10H25N2/c1-5-8-11-9-7-10-12(3,4)6-2/h11H,5-10H2,1-4H3/q+1. The summed E-state index contributed by atoms with van der Waals surface area (Å²) >= 11 is 0. The predicted octanol–water partition coefficient (Wildman–Crippen LogP) is 1.47. The van der Waals surface area contributed by atoms with Gasteiger partial charge in [0.15, 0.2) is 0 Å². The summed E-state index contributed by atoms with van der Waals surface area (Å²) in [6, 6.07) is 0. The van der Waals surface area contributed by atoms with Gasteiger partial charge in [0.25, 0.3) is 0 Å². The highest BCUT2D eigenvalue weighted by Crippen LogP contribution is 1.96. The van der Waals surface area contributed by atoms with Crippen LogP contribution in [0.2, 0.25) is 0 Å². The van der Waals surface area contributed by atoms with Gasteiger partial charge in [-0.15, -0.1) is 0 Å². The topological polar surface area (TPSA) is 12.0 Å². The molecule has 0 radical (unpaired) electrons. The van der Waals surface area contributed by atoms with Crippen molar-refractivity contribution in [3.8, 4) is 0 Å². The first-order chi connectivity index (χ1) is 5.62. The van der Waals surface area contributed by atoms with Crippen LogP contribution < -0.4 is 5.32 Å². The van der Waals surface area contributed by atoms with Gasteiger partial charge in [-0.2, -0.15) is 0 Å². The molecule has 0 amide bonds. The van der Waals surface area contributed by atoms with Gasteiger partial charge in [-0.3, -0.25) is 0 Å². The van der Waals surface area contributed by atoms with Crippen LogP contribution in [0.15, 0.2) is 0 Å². The highest BCUT2D eigenvalue weighted by Gasteiger charge is 2.09. The van der Waals surface area contributed by atoms with Crippen LogP contribution >= 0.6 is 0 Å². The van der Waals surface area contributed by atoms with Crippen molar-refractivity contribution in [2.75, 3.05) is 40.3 Å². The third kappa shape index (κ3) is 6.62. The minimum absolute atomic E-state index is 1.15. The van der Waals surface area contributed by atoms with Crippen LogP contribution in [0.3, 0.4) is 0 Å². The summed E-state index contributed by atoms with van der Waals surface area (Å²) in [6.45, 7) is 9.31. The molecule has 0 aliphatic rings. The maximum absolute atomic E-state index is 3.42. The van der Waals surface area contributed by atoms with Crippen LogP contribution in [-0.4, -0.2) is 44.8 Å². The van der Waals surface area contributed by atoms with Gasteiger partial charge in [-0.1, -0.05) is 6.92 Å². The summed E-state index contributed by atoms with van der Waals surface area (Å²) in [5.74, 6) is 0. The molecular formula is C10H25N2+. The molecule has 0 rings (SSSR count). The molecule has 12 heavy (non-hydrogen) atoms. The second-order valence-electron chi connectivity index (χ2n) is 4.08. The molecule has 0 aromatic rings. The van der Waals surface area contributed by atoms with E-state index in [9.17, 15) is 0 Å². The molecule has 2 nitrogen and oxygen atoms in total. The van der Waals surface area contributed by atoms with Gasteiger partial charge in [0.05, 0.1) is 27.2 Å². The van der Waals surface area contributed by atoms with Crippen molar-refractivity contribution in [1.29, 1.82) is 0 Å². The molecule has 0 saturated heterocycles. The molecule has 0 atom stereocenters. The third-order valence-corrected chi connectivity index (χ3v) is 2.40. The minimum atomic E-state index is 1.15. The molecule has 0 aliphatic carbocycles. The number of rotatable bonds is 7. The maximum atomic E-state index is 3.42. The van der Waals surface area contributed by atoms with Crippen LogP contribution in [0.1, 0.15) is 26.7 Å². The molecule has 0 aromatic carbocycles. The molecule has 0 aromatic heterocycles. The Labute approximate surface area is 77.5 Å². The predicted molar refractivity (Wildman–Crippen MR) is 55.3 cm³/mol. The fourth-order valence-corrected chi connectivity index (χ4v) is 1.09. The Hall–Kier alpha value is -0.0800. The van der Waals surface area contributed by atoms with Crippen molar-refractivity contribution in [2.24, 2.45) is 0 Å². The number of nitrogens with one attached hydrogen (secondary N) is 1. The van der Waals surface area contributed by atoms with E-state index in [-0.39, 0.29) is 0 Å². The van der Waals surface area contributed by atoms with Gasteiger partial charge >= 0.3 is 0 Å². The maximum Gasteiger partial charge on any atom is 0.0794 e. The molecule has 74 valence electrons. The van der Waals surface area contributed by atoms with Crippen LogP contribution in [0, 0.1) is 0 Å². The lowest BCUT2D eigenvalue weighted by Gasteiger charge is -2.28. The van der Waals surface area contributed by atoms with Crippen molar-refractivity contribution < 1.29 is 4.48 Å². The average molecular weight is 173 g/mol. The van der Waals surface area contributed by atoms with Gasteiger partial charge < -0.3 is 9.80 Å². The SMILES string of the molecule is CCCNCCC[N+](C)(C)CC. The highest BCUT2D eigenvalue weighted by molar-refractivity contribution is 4.45. The van der Waals surface area contributed by atoms with Crippen LogP contribution in [0.4, 0.5) is 0 Å². The lowest BCUT2D eigenvalue weighted by atomic mass is 10.3. The van der Waals surface area contributed by atoms with Crippen molar-refractivity contribution in [2.45, 2.75) is 26.7 Å². The van der Waals surface area contributed by atoms with Gasteiger partial charge in [0.1, 0.15) is 0 Å². The Kier molecular flexibility index (Phi) is 6.39. The van der Waals surface area contributed by atoms with Crippen molar-refractivity contribution in [1.82, 2.24) is 5.32 Å². The van der Waals surface area contributed by atoms with E-state index < -0.39 is 0 Å². The Morgan fingerprint density at radius 1 is 1.08 bits per heavy atom. The van der Waals surface area contributed by atoms with E-state index in [1.807, 2.05) is 0 Å². The van der Waals surface area contributed by atoms with Gasteiger partial charge in [0, 0.05) is 13.0 Å². The largest absolute Gasteiger partial charge is 0.329 e. The second-order valence-corrected chi connectivity index (χ2v) is 4.08. The number of quaternary nitrogens is 1. The monoisotopic (exact) mass is 173 g/mol. The fraction of sp³-hybridized carbons (Fsp3) is 1.00. The summed E-state index contributed by atoms with van der Waals surface area (Å²) in [6.07, 6.45) is 2.53. The van der Waals surface area contributed by atoms with E-state index in [2.05, 4.69) is 33.3 Å². The van der Waals surface area contributed by atoms with Crippen molar-refractivity contribution in [3.63, 3.8) is 0 Å².